The van der Waals surface area contributed by atoms with E-state index in [-0.39, 0.29) is 5.97 Å². The average molecular weight is 231 g/mol. The Bertz CT molecular complexity index is 421. The van der Waals surface area contributed by atoms with Crippen LogP contribution in [0.3, 0.4) is 0 Å². The summed E-state index contributed by atoms with van der Waals surface area (Å²) in [4.78, 5) is 15.8. The molecule has 0 radical (unpaired) electrons. The summed E-state index contributed by atoms with van der Waals surface area (Å²) in [5, 5.41) is 0. The first-order valence-electron chi connectivity index (χ1n) is 5.58. The lowest BCUT2D eigenvalue weighted by atomic mass is 10.0. The molecule has 3 heteroatoms. The van der Waals surface area contributed by atoms with E-state index in [0.717, 1.165) is 11.1 Å². The van der Waals surface area contributed by atoms with E-state index in [9.17, 15) is 4.79 Å². The monoisotopic (exact) mass is 231 g/mol. The van der Waals surface area contributed by atoms with Crippen LogP contribution in [0.4, 0.5) is 0 Å². The van der Waals surface area contributed by atoms with Gasteiger partial charge >= 0.3 is 5.97 Å². The van der Waals surface area contributed by atoms with Gasteiger partial charge in [-0.15, -0.1) is 6.58 Å². The van der Waals surface area contributed by atoms with E-state index in [2.05, 4.69) is 11.6 Å². The summed E-state index contributed by atoms with van der Waals surface area (Å²) in [6.45, 7) is 7.75. The van der Waals surface area contributed by atoms with Crippen molar-refractivity contribution in [2.75, 3.05) is 6.61 Å². The molecule has 3 nitrogen and oxygen atoms in total. The molecule has 0 aromatic carbocycles. The molecule has 0 atom stereocenters. The Morgan fingerprint density at radius 2 is 2.12 bits per heavy atom. The number of hydrogen-bond acceptors (Lipinski definition) is 3. The third-order valence-corrected chi connectivity index (χ3v) is 2.44. The topological polar surface area (TPSA) is 39.2 Å². The maximum atomic E-state index is 11.8. The molecule has 0 fully saturated rings. The number of rotatable bonds is 5. The van der Waals surface area contributed by atoms with Crippen molar-refractivity contribution in [1.29, 1.82) is 0 Å². The zero-order chi connectivity index (χ0) is 12.7. The Kier molecular flexibility index (Phi) is 5.14. The van der Waals surface area contributed by atoms with Crippen molar-refractivity contribution in [3.63, 3.8) is 0 Å². The SMILES string of the molecule is C=CC/C(C(=O)OCC)=C(\C)c1ccncc1. The largest absolute Gasteiger partial charge is 0.463 e. The van der Waals surface area contributed by atoms with E-state index >= 15 is 0 Å². The number of pyridine rings is 1. The molecular weight excluding hydrogens is 214 g/mol. The number of ether oxygens (including phenoxy) is 1. The highest BCUT2D eigenvalue weighted by atomic mass is 16.5. The molecule has 17 heavy (non-hydrogen) atoms. The van der Waals surface area contributed by atoms with Gasteiger partial charge in [-0.05, 0) is 43.5 Å². The van der Waals surface area contributed by atoms with Crippen molar-refractivity contribution in [3.05, 3.63) is 48.3 Å². The van der Waals surface area contributed by atoms with Gasteiger partial charge in [0.2, 0.25) is 0 Å². The summed E-state index contributed by atoms with van der Waals surface area (Å²) in [5.74, 6) is -0.276. The Morgan fingerprint density at radius 3 is 2.65 bits per heavy atom. The maximum absolute atomic E-state index is 11.8. The number of esters is 1. The molecule has 1 aromatic rings. The van der Waals surface area contributed by atoms with E-state index in [1.807, 2.05) is 19.1 Å². The van der Waals surface area contributed by atoms with Gasteiger partial charge < -0.3 is 4.74 Å². The van der Waals surface area contributed by atoms with Crippen LogP contribution in [-0.2, 0) is 9.53 Å². The zero-order valence-electron chi connectivity index (χ0n) is 10.3. The zero-order valence-corrected chi connectivity index (χ0v) is 10.3. The van der Waals surface area contributed by atoms with Crippen LogP contribution in [0.5, 0.6) is 0 Å². The van der Waals surface area contributed by atoms with Crippen molar-refractivity contribution >= 4 is 11.5 Å². The summed E-state index contributed by atoms with van der Waals surface area (Å²) < 4.78 is 5.04. The number of nitrogens with zero attached hydrogens (tertiary/aromatic N) is 1. The summed E-state index contributed by atoms with van der Waals surface area (Å²) in [6, 6.07) is 3.75. The minimum Gasteiger partial charge on any atom is -0.463 e. The van der Waals surface area contributed by atoms with Gasteiger partial charge in [0.1, 0.15) is 0 Å². The number of carbonyl (C=O) groups excluding carboxylic acids is 1. The van der Waals surface area contributed by atoms with Crippen LogP contribution in [0.1, 0.15) is 25.8 Å². The first-order chi connectivity index (χ1) is 8.20. The molecule has 0 amide bonds. The van der Waals surface area contributed by atoms with Gasteiger partial charge in [0, 0.05) is 18.0 Å². The molecule has 0 N–H and O–H groups in total. The Labute approximate surface area is 102 Å². The minimum absolute atomic E-state index is 0.276. The molecule has 0 bridgehead atoms. The van der Waals surface area contributed by atoms with Crippen LogP contribution in [0, 0.1) is 0 Å². The molecule has 0 saturated carbocycles. The average Bonchev–Trinajstić information content (AvgIpc) is 2.36. The predicted molar refractivity (Wildman–Crippen MR) is 68.3 cm³/mol. The molecule has 90 valence electrons. The highest BCUT2D eigenvalue weighted by Gasteiger charge is 2.13. The standard InChI is InChI=1S/C14H17NO2/c1-4-6-13(14(16)17-5-2)11(3)12-7-9-15-10-8-12/h4,7-10H,1,5-6H2,2-3H3/b13-11-. The fourth-order valence-electron chi connectivity index (χ4n) is 1.53. The fourth-order valence-corrected chi connectivity index (χ4v) is 1.53. The number of allylic oxidation sites excluding steroid dienone is 2. The third kappa shape index (κ3) is 3.55. The molecule has 1 heterocycles. The normalized spacial score (nSPS) is 11.6. The molecule has 0 unspecified atom stereocenters. The van der Waals surface area contributed by atoms with Gasteiger partial charge in [0.15, 0.2) is 0 Å². The molecule has 1 rings (SSSR count). The highest BCUT2D eigenvalue weighted by Crippen LogP contribution is 2.21. The van der Waals surface area contributed by atoms with E-state index in [4.69, 9.17) is 4.74 Å². The Morgan fingerprint density at radius 1 is 1.47 bits per heavy atom. The van der Waals surface area contributed by atoms with E-state index in [0.29, 0.717) is 18.6 Å². The van der Waals surface area contributed by atoms with Crippen molar-refractivity contribution in [3.8, 4) is 0 Å². The fraction of sp³-hybridized carbons (Fsp3) is 0.286. The van der Waals surface area contributed by atoms with Crippen LogP contribution in [-0.4, -0.2) is 17.6 Å². The van der Waals surface area contributed by atoms with Crippen molar-refractivity contribution < 1.29 is 9.53 Å². The second kappa shape index (κ2) is 6.63. The number of hydrogen-bond donors (Lipinski definition) is 0. The quantitative estimate of drug-likeness (QED) is 0.444. The Hall–Kier alpha value is -1.90. The molecule has 0 aliphatic rings. The predicted octanol–water partition coefficient (Wildman–Crippen LogP) is 2.99. The van der Waals surface area contributed by atoms with Gasteiger partial charge in [-0.2, -0.15) is 0 Å². The first kappa shape index (κ1) is 13.2. The smallest absolute Gasteiger partial charge is 0.334 e. The molecule has 0 spiro atoms. The number of carbonyl (C=O) groups is 1. The first-order valence-corrected chi connectivity index (χ1v) is 5.58. The second-order valence-electron chi connectivity index (χ2n) is 3.55. The Balaban J connectivity index is 3.10. The van der Waals surface area contributed by atoms with Crippen LogP contribution in [0.2, 0.25) is 0 Å². The van der Waals surface area contributed by atoms with Crippen molar-refractivity contribution in [2.45, 2.75) is 20.3 Å². The van der Waals surface area contributed by atoms with Gasteiger partial charge in [-0.1, -0.05) is 6.08 Å². The number of aromatic nitrogens is 1. The summed E-state index contributed by atoms with van der Waals surface area (Å²) in [7, 11) is 0. The second-order valence-corrected chi connectivity index (χ2v) is 3.55. The summed E-state index contributed by atoms with van der Waals surface area (Å²) in [6.07, 6.45) is 5.62. The van der Waals surface area contributed by atoms with Gasteiger partial charge in [-0.3, -0.25) is 4.98 Å². The third-order valence-electron chi connectivity index (χ3n) is 2.44. The minimum atomic E-state index is -0.276. The lowest BCUT2D eigenvalue weighted by molar-refractivity contribution is -0.138. The van der Waals surface area contributed by atoms with Gasteiger partial charge in [-0.25, -0.2) is 4.79 Å². The van der Waals surface area contributed by atoms with Gasteiger partial charge in [0.25, 0.3) is 0 Å². The lowest BCUT2D eigenvalue weighted by Crippen LogP contribution is -2.09. The van der Waals surface area contributed by atoms with Crippen LogP contribution in [0.25, 0.3) is 5.57 Å². The van der Waals surface area contributed by atoms with Crippen molar-refractivity contribution in [1.82, 2.24) is 4.98 Å². The van der Waals surface area contributed by atoms with Crippen LogP contribution in [0.15, 0.2) is 42.8 Å². The van der Waals surface area contributed by atoms with Crippen molar-refractivity contribution in [2.24, 2.45) is 0 Å². The molecular formula is C14H17NO2. The molecule has 1 aromatic heterocycles. The van der Waals surface area contributed by atoms with Gasteiger partial charge in [0.05, 0.1) is 6.61 Å². The molecule has 0 aliphatic carbocycles. The molecule has 0 saturated heterocycles. The van der Waals surface area contributed by atoms with Crippen LogP contribution < -0.4 is 0 Å². The van der Waals surface area contributed by atoms with Crippen LogP contribution >= 0.6 is 0 Å². The highest BCUT2D eigenvalue weighted by molar-refractivity contribution is 5.97. The van der Waals surface area contributed by atoms with E-state index in [1.54, 1.807) is 25.4 Å². The van der Waals surface area contributed by atoms with E-state index in [1.165, 1.54) is 0 Å². The maximum Gasteiger partial charge on any atom is 0.334 e. The lowest BCUT2D eigenvalue weighted by Gasteiger charge is -2.09. The van der Waals surface area contributed by atoms with E-state index < -0.39 is 0 Å². The summed E-state index contributed by atoms with van der Waals surface area (Å²) >= 11 is 0. The molecule has 0 aliphatic heterocycles. The summed E-state index contributed by atoms with van der Waals surface area (Å²) in [5.41, 5.74) is 2.53.